The molecule has 4 atom stereocenters. The molecular formula is C12H25NO2S. The highest BCUT2D eigenvalue weighted by atomic mass is 32.2. The molecule has 0 aliphatic heterocycles. The van der Waals surface area contributed by atoms with Gasteiger partial charge in [0.05, 0.1) is 11.0 Å². The summed E-state index contributed by atoms with van der Waals surface area (Å²) in [6.45, 7) is 8.07. The quantitative estimate of drug-likeness (QED) is 0.827. The molecule has 4 unspecified atom stereocenters. The highest BCUT2D eigenvalue weighted by Crippen LogP contribution is 2.33. The number of nitrogens with two attached hydrogens (primary N) is 1. The zero-order valence-corrected chi connectivity index (χ0v) is 11.6. The monoisotopic (exact) mass is 247 g/mol. The summed E-state index contributed by atoms with van der Waals surface area (Å²) in [6, 6.07) is -0.178. The first kappa shape index (κ1) is 14.0. The molecule has 96 valence electrons. The van der Waals surface area contributed by atoms with Gasteiger partial charge in [-0.05, 0) is 30.6 Å². The van der Waals surface area contributed by atoms with Gasteiger partial charge in [-0.3, -0.25) is 0 Å². The minimum absolute atomic E-state index is 0.178. The Bertz CT molecular complexity index is 312. The van der Waals surface area contributed by atoms with E-state index in [4.69, 9.17) is 5.73 Å². The molecule has 0 heterocycles. The van der Waals surface area contributed by atoms with Crippen molar-refractivity contribution in [1.29, 1.82) is 0 Å². The Labute approximate surface area is 99.7 Å². The fraction of sp³-hybridized carbons (Fsp3) is 1.00. The van der Waals surface area contributed by atoms with Crippen LogP contribution in [0.2, 0.25) is 0 Å². The summed E-state index contributed by atoms with van der Waals surface area (Å²) >= 11 is 0. The van der Waals surface area contributed by atoms with E-state index in [2.05, 4.69) is 6.92 Å². The second-order valence-electron chi connectivity index (χ2n) is 5.91. The summed E-state index contributed by atoms with van der Waals surface area (Å²) < 4.78 is 24.5. The van der Waals surface area contributed by atoms with Crippen LogP contribution >= 0.6 is 0 Å². The minimum Gasteiger partial charge on any atom is -0.327 e. The van der Waals surface area contributed by atoms with Gasteiger partial charge in [-0.2, -0.15) is 0 Å². The standard InChI is InChI=1S/C12H25NO2S/c1-8(2)7-16(14,15)12-10(4)5-9(3)6-11(12)13/h8-12H,5-7,13H2,1-4H3. The maximum Gasteiger partial charge on any atom is 0.155 e. The molecule has 1 aliphatic carbocycles. The molecule has 0 bridgehead atoms. The van der Waals surface area contributed by atoms with Gasteiger partial charge in [0, 0.05) is 6.04 Å². The molecule has 4 heteroatoms. The molecular weight excluding hydrogens is 222 g/mol. The van der Waals surface area contributed by atoms with Crippen LogP contribution in [0.1, 0.15) is 40.5 Å². The lowest BCUT2D eigenvalue weighted by atomic mass is 9.80. The molecule has 3 nitrogen and oxygen atoms in total. The van der Waals surface area contributed by atoms with E-state index in [1.807, 2.05) is 20.8 Å². The molecule has 2 N–H and O–H groups in total. The van der Waals surface area contributed by atoms with Crippen molar-refractivity contribution in [2.75, 3.05) is 5.75 Å². The van der Waals surface area contributed by atoms with Crippen molar-refractivity contribution in [1.82, 2.24) is 0 Å². The van der Waals surface area contributed by atoms with E-state index in [9.17, 15) is 8.42 Å². The van der Waals surface area contributed by atoms with Gasteiger partial charge in [0.15, 0.2) is 9.84 Å². The molecule has 0 saturated heterocycles. The second kappa shape index (κ2) is 5.05. The third-order valence-corrected chi connectivity index (χ3v) is 6.19. The van der Waals surface area contributed by atoms with Crippen LogP contribution < -0.4 is 5.73 Å². The summed E-state index contributed by atoms with van der Waals surface area (Å²) in [5.41, 5.74) is 6.04. The van der Waals surface area contributed by atoms with E-state index in [0.29, 0.717) is 5.92 Å². The van der Waals surface area contributed by atoms with E-state index in [1.54, 1.807) is 0 Å². The van der Waals surface area contributed by atoms with E-state index < -0.39 is 9.84 Å². The van der Waals surface area contributed by atoms with Crippen LogP contribution in [-0.4, -0.2) is 25.5 Å². The van der Waals surface area contributed by atoms with Crippen molar-refractivity contribution >= 4 is 9.84 Å². The average molecular weight is 247 g/mol. The lowest BCUT2D eigenvalue weighted by molar-refractivity contribution is 0.271. The van der Waals surface area contributed by atoms with Crippen LogP contribution in [0.25, 0.3) is 0 Å². The van der Waals surface area contributed by atoms with Gasteiger partial charge >= 0.3 is 0 Å². The Balaban J connectivity index is 2.85. The lowest BCUT2D eigenvalue weighted by Gasteiger charge is -2.37. The van der Waals surface area contributed by atoms with Crippen LogP contribution in [0, 0.1) is 17.8 Å². The maximum absolute atomic E-state index is 12.2. The first-order valence-electron chi connectivity index (χ1n) is 6.21. The van der Waals surface area contributed by atoms with Gasteiger partial charge in [-0.1, -0.05) is 27.7 Å². The molecule has 0 amide bonds. The van der Waals surface area contributed by atoms with E-state index in [-0.39, 0.29) is 28.9 Å². The average Bonchev–Trinajstić information content (AvgIpc) is 1.96. The van der Waals surface area contributed by atoms with E-state index >= 15 is 0 Å². The van der Waals surface area contributed by atoms with E-state index in [0.717, 1.165) is 12.8 Å². The van der Waals surface area contributed by atoms with Crippen molar-refractivity contribution < 1.29 is 8.42 Å². The first-order valence-corrected chi connectivity index (χ1v) is 7.92. The van der Waals surface area contributed by atoms with Crippen molar-refractivity contribution in [3.63, 3.8) is 0 Å². The van der Waals surface area contributed by atoms with Gasteiger partial charge in [-0.15, -0.1) is 0 Å². The zero-order chi connectivity index (χ0) is 12.5. The predicted molar refractivity (Wildman–Crippen MR) is 68.0 cm³/mol. The SMILES string of the molecule is CC(C)CS(=O)(=O)C1C(C)CC(C)CC1N. The van der Waals surface area contributed by atoms with Crippen molar-refractivity contribution in [2.24, 2.45) is 23.5 Å². The first-order chi connectivity index (χ1) is 7.24. The maximum atomic E-state index is 12.2. The smallest absolute Gasteiger partial charge is 0.155 e. The number of rotatable bonds is 3. The summed E-state index contributed by atoms with van der Waals surface area (Å²) in [5, 5.41) is -0.328. The Morgan fingerprint density at radius 1 is 1.25 bits per heavy atom. The molecule has 0 radical (unpaired) electrons. The van der Waals surface area contributed by atoms with Crippen molar-refractivity contribution in [3.8, 4) is 0 Å². The Kier molecular flexibility index (Phi) is 4.41. The number of hydrogen-bond acceptors (Lipinski definition) is 3. The van der Waals surface area contributed by atoms with Gasteiger partial charge < -0.3 is 5.73 Å². The van der Waals surface area contributed by atoms with Crippen molar-refractivity contribution in [3.05, 3.63) is 0 Å². The molecule has 0 aromatic heterocycles. The molecule has 16 heavy (non-hydrogen) atoms. The largest absolute Gasteiger partial charge is 0.327 e. The van der Waals surface area contributed by atoms with Crippen LogP contribution in [0.5, 0.6) is 0 Å². The lowest BCUT2D eigenvalue weighted by Crippen LogP contribution is -2.50. The molecule has 1 rings (SSSR count). The zero-order valence-electron chi connectivity index (χ0n) is 10.8. The summed E-state index contributed by atoms with van der Waals surface area (Å²) in [6.07, 6.45) is 1.82. The fourth-order valence-electron chi connectivity index (χ4n) is 3.08. The topological polar surface area (TPSA) is 60.2 Å². The molecule has 1 aliphatic rings. The molecule has 1 saturated carbocycles. The predicted octanol–water partition coefficient (Wildman–Crippen LogP) is 1.82. The summed E-state index contributed by atoms with van der Waals surface area (Å²) in [4.78, 5) is 0. The van der Waals surface area contributed by atoms with Crippen LogP contribution in [-0.2, 0) is 9.84 Å². The normalized spacial score (nSPS) is 36.6. The van der Waals surface area contributed by atoms with Crippen LogP contribution in [0.3, 0.4) is 0 Å². The van der Waals surface area contributed by atoms with Crippen LogP contribution in [0.15, 0.2) is 0 Å². The molecule has 0 aromatic rings. The Hall–Kier alpha value is -0.0900. The van der Waals surface area contributed by atoms with Gasteiger partial charge in [0.2, 0.25) is 0 Å². The summed E-state index contributed by atoms with van der Waals surface area (Å²) in [7, 11) is -3.03. The third-order valence-electron chi connectivity index (χ3n) is 3.41. The minimum atomic E-state index is -3.03. The van der Waals surface area contributed by atoms with Gasteiger partial charge in [0.25, 0.3) is 0 Å². The van der Waals surface area contributed by atoms with Crippen LogP contribution in [0.4, 0.5) is 0 Å². The van der Waals surface area contributed by atoms with Crippen molar-refractivity contribution in [2.45, 2.75) is 51.8 Å². The van der Waals surface area contributed by atoms with E-state index in [1.165, 1.54) is 0 Å². The second-order valence-corrected chi connectivity index (χ2v) is 8.11. The number of sulfone groups is 1. The third kappa shape index (κ3) is 3.20. The Morgan fingerprint density at radius 3 is 2.25 bits per heavy atom. The highest BCUT2D eigenvalue weighted by Gasteiger charge is 2.40. The molecule has 0 aromatic carbocycles. The summed E-state index contributed by atoms with van der Waals surface area (Å²) in [5.74, 6) is 1.20. The molecule has 1 fully saturated rings. The Morgan fingerprint density at radius 2 is 1.81 bits per heavy atom. The van der Waals surface area contributed by atoms with Gasteiger partial charge in [0.1, 0.15) is 0 Å². The molecule has 0 spiro atoms. The highest BCUT2D eigenvalue weighted by molar-refractivity contribution is 7.92. The fourth-order valence-corrected chi connectivity index (χ4v) is 5.70. The van der Waals surface area contributed by atoms with Gasteiger partial charge in [-0.25, -0.2) is 8.42 Å². The number of hydrogen-bond donors (Lipinski definition) is 1.